The average molecular weight is 501 g/mol. The molecule has 7 nitrogen and oxygen atoms in total. The van der Waals surface area contributed by atoms with Gasteiger partial charge in [-0.1, -0.05) is 48.5 Å². The lowest BCUT2D eigenvalue weighted by Gasteiger charge is -2.24. The summed E-state index contributed by atoms with van der Waals surface area (Å²) in [6.45, 7) is 1.01. The quantitative estimate of drug-likeness (QED) is 0.374. The van der Waals surface area contributed by atoms with Gasteiger partial charge in [-0.25, -0.2) is 9.18 Å². The first-order valence-corrected chi connectivity index (χ1v) is 11.9. The molecular weight excluding hydrogens is 475 g/mol. The third-order valence-corrected chi connectivity index (χ3v) is 6.80. The number of fused-ring (bicyclic) bond motifs is 1. The monoisotopic (exact) mass is 500 g/mol. The molecule has 1 atom stereocenters. The Hall–Kier alpha value is -4.46. The zero-order valence-electron chi connectivity index (χ0n) is 20.2. The SMILES string of the molecule is COc1c(N2CCC(C=O)C2)c(F)cc2c(=O)c(C(=O)O)cn(Cc3cccc(-c4ccccc4)c3)c12. The van der Waals surface area contributed by atoms with E-state index in [4.69, 9.17) is 4.74 Å². The van der Waals surface area contributed by atoms with Crippen molar-refractivity contribution in [3.8, 4) is 16.9 Å². The fraction of sp³-hybridized carbons (Fsp3) is 0.207. The van der Waals surface area contributed by atoms with Gasteiger partial charge in [-0.05, 0) is 35.2 Å². The molecule has 0 aliphatic carbocycles. The van der Waals surface area contributed by atoms with Gasteiger partial charge in [0.2, 0.25) is 5.43 Å². The molecule has 2 heterocycles. The molecule has 3 aromatic carbocycles. The lowest BCUT2D eigenvalue weighted by molar-refractivity contribution is -0.110. The van der Waals surface area contributed by atoms with Crippen LogP contribution in [0.5, 0.6) is 5.75 Å². The van der Waals surface area contributed by atoms with E-state index in [0.717, 1.165) is 29.0 Å². The molecule has 4 aromatic rings. The second kappa shape index (κ2) is 9.89. The van der Waals surface area contributed by atoms with Crippen LogP contribution in [0.3, 0.4) is 0 Å². The summed E-state index contributed by atoms with van der Waals surface area (Å²) in [5.74, 6) is -2.18. The lowest BCUT2D eigenvalue weighted by atomic mass is 10.0. The molecule has 1 aliphatic rings. The van der Waals surface area contributed by atoms with Crippen LogP contribution in [0.15, 0.2) is 71.7 Å². The number of hydrogen-bond donors (Lipinski definition) is 1. The number of hydrogen-bond acceptors (Lipinski definition) is 5. The Morgan fingerprint density at radius 1 is 1.14 bits per heavy atom. The van der Waals surface area contributed by atoms with Gasteiger partial charge in [0.15, 0.2) is 11.6 Å². The van der Waals surface area contributed by atoms with Crippen LogP contribution in [0.2, 0.25) is 0 Å². The number of methoxy groups -OCH3 is 1. The van der Waals surface area contributed by atoms with Crippen LogP contribution in [0.4, 0.5) is 10.1 Å². The molecule has 0 radical (unpaired) electrons. The van der Waals surface area contributed by atoms with E-state index in [1.54, 1.807) is 9.47 Å². The van der Waals surface area contributed by atoms with Crippen molar-refractivity contribution in [2.45, 2.75) is 13.0 Å². The van der Waals surface area contributed by atoms with Gasteiger partial charge in [-0.2, -0.15) is 0 Å². The largest absolute Gasteiger partial charge is 0.492 e. The standard InChI is InChI=1S/C29H25FN2O5/c1-37-28-25-22(13-24(30)26(28)31-11-10-19(15-31)17-33)27(34)23(29(35)36)16-32(25)14-18-6-5-9-21(12-18)20-7-3-2-4-8-20/h2-9,12-13,16-17,19H,10-11,14-15H2,1H3,(H,35,36). The molecule has 37 heavy (non-hydrogen) atoms. The van der Waals surface area contributed by atoms with Gasteiger partial charge in [0.25, 0.3) is 0 Å². The van der Waals surface area contributed by atoms with E-state index >= 15 is 4.39 Å². The molecule has 0 spiro atoms. The van der Waals surface area contributed by atoms with E-state index in [0.29, 0.717) is 25.0 Å². The molecule has 1 unspecified atom stereocenters. The van der Waals surface area contributed by atoms with Crippen LogP contribution in [-0.2, 0) is 11.3 Å². The van der Waals surface area contributed by atoms with E-state index in [9.17, 15) is 19.5 Å². The first-order valence-electron chi connectivity index (χ1n) is 11.9. The predicted molar refractivity (Wildman–Crippen MR) is 139 cm³/mol. The van der Waals surface area contributed by atoms with E-state index in [2.05, 4.69) is 0 Å². The zero-order valence-corrected chi connectivity index (χ0v) is 20.2. The Morgan fingerprint density at radius 3 is 2.57 bits per heavy atom. The van der Waals surface area contributed by atoms with Gasteiger partial charge >= 0.3 is 5.97 Å². The van der Waals surface area contributed by atoms with Crippen LogP contribution in [-0.4, -0.2) is 42.1 Å². The van der Waals surface area contributed by atoms with E-state index in [1.807, 2.05) is 54.6 Å². The summed E-state index contributed by atoms with van der Waals surface area (Å²) in [6.07, 6.45) is 2.73. The second-order valence-electron chi connectivity index (χ2n) is 9.14. The maximum atomic E-state index is 15.5. The third kappa shape index (κ3) is 4.46. The van der Waals surface area contributed by atoms with Crippen molar-refractivity contribution >= 4 is 28.8 Å². The Labute approximate surface area is 212 Å². The van der Waals surface area contributed by atoms with E-state index in [-0.39, 0.29) is 29.3 Å². The van der Waals surface area contributed by atoms with Gasteiger partial charge in [-0.3, -0.25) is 4.79 Å². The molecule has 1 N–H and O–H groups in total. The number of rotatable bonds is 7. The van der Waals surface area contributed by atoms with Gasteiger partial charge in [0.1, 0.15) is 17.5 Å². The normalized spacial score (nSPS) is 15.2. The Kier molecular flexibility index (Phi) is 6.48. The van der Waals surface area contributed by atoms with Crippen molar-refractivity contribution in [2.24, 2.45) is 5.92 Å². The maximum Gasteiger partial charge on any atom is 0.341 e. The minimum atomic E-state index is -1.39. The van der Waals surface area contributed by atoms with Crippen LogP contribution in [0.1, 0.15) is 22.3 Å². The maximum absolute atomic E-state index is 15.5. The van der Waals surface area contributed by atoms with Crippen molar-refractivity contribution in [1.29, 1.82) is 0 Å². The summed E-state index contributed by atoms with van der Waals surface area (Å²) >= 11 is 0. The summed E-state index contributed by atoms with van der Waals surface area (Å²) in [5, 5.41) is 9.63. The zero-order chi connectivity index (χ0) is 26.1. The second-order valence-corrected chi connectivity index (χ2v) is 9.14. The molecule has 0 bridgehead atoms. The average Bonchev–Trinajstić information content (AvgIpc) is 3.39. The number of halogens is 1. The summed E-state index contributed by atoms with van der Waals surface area (Å²) in [4.78, 5) is 38.1. The van der Waals surface area contributed by atoms with Gasteiger partial charge in [0.05, 0.1) is 18.0 Å². The number of pyridine rings is 1. The van der Waals surface area contributed by atoms with Crippen molar-refractivity contribution in [1.82, 2.24) is 4.57 Å². The molecule has 0 saturated carbocycles. The highest BCUT2D eigenvalue weighted by Crippen LogP contribution is 2.40. The molecule has 8 heteroatoms. The van der Waals surface area contributed by atoms with Crippen molar-refractivity contribution < 1.29 is 23.8 Å². The highest BCUT2D eigenvalue weighted by atomic mass is 19.1. The molecule has 0 amide bonds. The van der Waals surface area contributed by atoms with Crippen LogP contribution >= 0.6 is 0 Å². The molecular formula is C29H25FN2O5. The van der Waals surface area contributed by atoms with E-state index in [1.165, 1.54) is 13.3 Å². The topological polar surface area (TPSA) is 88.8 Å². The van der Waals surface area contributed by atoms with Gasteiger partial charge in [0, 0.05) is 31.7 Å². The first kappa shape index (κ1) is 24.2. The summed E-state index contributed by atoms with van der Waals surface area (Å²) in [7, 11) is 1.39. The van der Waals surface area contributed by atoms with Crippen LogP contribution in [0.25, 0.3) is 22.0 Å². The lowest BCUT2D eigenvalue weighted by Crippen LogP contribution is -2.24. The fourth-order valence-corrected chi connectivity index (χ4v) is 5.03. The van der Waals surface area contributed by atoms with Crippen LogP contribution < -0.4 is 15.1 Å². The van der Waals surface area contributed by atoms with Gasteiger partial charge < -0.3 is 24.1 Å². The molecule has 1 aliphatic heterocycles. The number of aromatic nitrogens is 1. The molecule has 1 fully saturated rings. The first-order chi connectivity index (χ1) is 17.9. The number of nitrogens with zero attached hydrogens (tertiary/aromatic N) is 2. The molecule has 1 saturated heterocycles. The number of anilines is 1. The van der Waals surface area contributed by atoms with Crippen molar-refractivity contribution in [2.75, 3.05) is 25.1 Å². The highest BCUT2D eigenvalue weighted by Gasteiger charge is 2.30. The number of carboxylic acid groups (broad SMARTS) is 1. The van der Waals surface area contributed by atoms with Crippen molar-refractivity contribution in [3.63, 3.8) is 0 Å². The number of carbonyl (C=O) groups is 2. The number of aromatic carboxylic acids is 1. The Bertz CT molecular complexity index is 1560. The number of aldehydes is 1. The molecule has 5 rings (SSSR count). The summed E-state index contributed by atoms with van der Waals surface area (Å²) in [5.41, 5.74) is 2.09. The molecule has 1 aromatic heterocycles. The number of carbonyl (C=O) groups excluding carboxylic acids is 1. The molecule has 188 valence electrons. The van der Waals surface area contributed by atoms with Crippen molar-refractivity contribution in [3.05, 3.63) is 94.0 Å². The summed E-state index contributed by atoms with van der Waals surface area (Å²) in [6, 6.07) is 18.7. The van der Waals surface area contributed by atoms with Crippen LogP contribution in [0, 0.1) is 11.7 Å². The van der Waals surface area contributed by atoms with E-state index < -0.39 is 22.8 Å². The Balaban J connectivity index is 1.71. The third-order valence-electron chi connectivity index (χ3n) is 6.80. The number of ether oxygens (including phenoxy) is 1. The minimum Gasteiger partial charge on any atom is -0.492 e. The number of benzene rings is 3. The van der Waals surface area contributed by atoms with Gasteiger partial charge in [-0.15, -0.1) is 0 Å². The minimum absolute atomic E-state index is 0.0802. The fourth-order valence-electron chi connectivity index (χ4n) is 5.03. The summed E-state index contributed by atoms with van der Waals surface area (Å²) < 4.78 is 22.8. The Morgan fingerprint density at radius 2 is 1.89 bits per heavy atom. The smallest absolute Gasteiger partial charge is 0.341 e. The predicted octanol–water partition coefficient (Wildman–Crippen LogP) is 4.59. The number of carboxylic acids is 1. The highest BCUT2D eigenvalue weighted by molar-refractivity contribution is 5.97.